The molecule has 4 aromatic carbocycles. The maximum absolute atomic E-state index is 5.06. The first-order valence-corrected chi connectivity index (χ1v) is 14.2. The zero-order valence-corrected chi connectivity index (χ0v) is 24.5. The Morgan fingerprint density at radius 1 is 0.757 bits per heavy atom. The fraction of sp³-hybridized carbons (Fsp3) is 0.265. The third-order valence-electron chi connectivity index (χ3n) is 7.89. The maximum Gasteiger partial charge on any atom is 0.0823 e. The number of hydrogen-bond acceptors (Lipinski definition) is 1. The minimum atomic E-state index is 0.0959. The van der Waals surface area contributed by atoms with E-state index in [1.807, 2.05) is 6.20 Å². The van der Waals surface area contributed by atoms with Gasteiger partial charge in [0, 0.05) is 31.3 Å². The van der Waals surface area contributed by atoms with Gasteiger partial charge in [-0.05, 0) is 91.4 Å². The molecule has 0 aliphatic rings. The molecule has 0 N–H and O–H groups in total. The van der Waals surface area contributed by atoms with E-state index in [0.29, 0.717) is 0 Å². The first kappa shape index (κ1) is 23.2. The monoisotopic (exact) mass is 594 g/mol. The molecular weight excluding hydrogens is 563 g/mol. The average Bonchev–Trinajstić information content (AvgIpc) is 3.18. The number of aromatic nitrogens is 2. The molecule has 37 heavy (non-hydrogen) atoms. The number of pyridine rings is 2. The van der Waals surface area contributed by atoms with Crippen LogP contribution in [0.5, 0.6) is 0 Å². The van der Waals surface area contributed by atoms with E-state index < -0.39 is 0 Å². The van der Waals surface area contributed by atoms with E-state index in [1.54, 1.807) is 0 Å². The van der Waals surface area contributed by atoms with Crippen molar-refractivity contribution < 1.29 is 0 Å². The summed E-state index contributed by atoms with van der Waals surface area (Å²) in [6, 6.07) is 22.9. The summed E-state index contributed by atoms with van der Waals surface area (Å²) in [7, 11) is 0. The van der Waals surface area contributed by atoms with Crippen molar-refractivity contribution in [2.75, 3.05) is 0 Å². The van der Waals surface area contributed by atoms with Gasteiger partial charge in [0.05, 0.1) is 22.1 Å². The van der Waals surface area contributed by atoms with Crippen LogP contribution in [-0.4, -0.2) is 9.38 Å². The number of fused-ring (bicyclic) bond motifs is 7. The van der Waals surface area contributed by atoms with Crippen LogP contribution in [0.2, 0.25) is 0 Å². The molecule has 184 valence electrons. The molecule has 0 bridgehead atoms. The van der Waals surface area contributed by atoms with Gasteiger partial charge in [-0.3, -0.25) is 4.98 Å². The molecule has 2 nitrogen and oxygen atoms in total. The number of rotatable bonds is 1. The molecule has 0 unspecified atom stereocenters. The van der Waals surface area contributed by atoms with Gasteiger partial charge >= 0.3 is 0 Å². The Balaban J connectivity index is 1.84. The lowest BCUT2D eigenvalue weighted by molar-refractivity contribution is 0.413. The molecule has 7 rings (SSSR count). The summed E-state index contributed by atoms with van der Waals surface area (Å²) in [6.07, 6.45) is 2.98. The lowest BCUT2D eigenvalue weighted by Crippen LogP contribution is -2.13. The van der Waals surface area contributed by atoms with E-state index in [1.165, 1.54) is 69.0 Å². The Morgan fingerprint density at radius 2 is 1.54 bits per heavy atom. The van der Waals surface area contributed by atoms with Crippen molar-refractivity contribution in [2.24, 2.45) is 5.41 Å². The van der Waals surface area contributed by atoms with E-state index in [9.17, 15) is 0 Å². The second-order valence-corrected chi connectivity index (χ2v) is 14.0. The summed E-state index contributed by atoms with van der Waals surface area (Å²) in [5.74, 6) is 0. The summed E-state index contributed by atoms with van der Waals surface area (Å²) >= 11 is 2.53. The molecule has 0 spiro atoms. The number of benzene rings is 4. The van der Waals surface area contributed by atoms with E-state index in [0.717, 1.165) is 11.9 Å². The van der Waals surface area contributed by atoms with Crippen molar-refractivity contribution in [2.45, 2.75) is 53.4 Å². The highest BCUT2D eigenvalue weighted by Gasteiger charge is 2.25. The van der Waals surface area contributed by atoms with E-state index in [4.69, 9.17) is 4.98 Å². The Hall–Kier alpha value is -2.92. The summed E-state index contributed by atoms with van der Waals surface area (Å²) in [5, 5.41) is 9.11. The van der Waals surface area contributed by atoms with Crippen LogP contribution in [0.4, 0.5) is 0 Å². The zero-order chi connectivity index (χ0) is 25.9. The third kappa shape index (κ3) is 3.32. The van der Waals surface area contributed by atoms with Gasteiger partial charge in [0.15, 0.2) is 0 Å². The maximum atomic E-state index is 5.06. The Bertz CT molecular complexity index is 2030. The minimum Gasteiger partial charge on any atom is -0.308 e. The molecule has 3 heterocycles. The van der Waals surface area contributed by atoms with Gasteiger partial charge in [-0.15, -0.1) is 0 Å². The van der Waals surface area contributed by atoms with Gasteiger partial charge in [-0.1, -0.05) is 77.9 Å². The molecule has 0 saturated heterocycles. The summed E-state index contributed by atoms with van der Waals surface area (Å²) in [6.45, 7) is 13.9. The summed E-state index contributed by atoms with van der Waals surface area (Å²) in [5.41, 5.74) is 8.03. The molecule has 0 fully saturated rings. The Morgan fingerprint density at radius 3 is 2.30 bits per heavy atom. The van der Waals surface area contributed by atoms with Crippen molar-refractivity contribution >= 4 is 82.4 Å². The molecule has 7 aromatic rings. The zero-order valence-electron chi connectivity index (χ0n) is 22.3. The number of para-hydroxylation sites is 1. The van der Waals surface area contributed by atoms with E-state index in [-0.39, 0.29) is 10.8 Å². The van der Waals surface area contributed by atoms with Crippen molar-refractivity contribution in [1.82, 2.24) is 9.38 Å². The van der Waals surface area contributed by atoms with E-state index >= 15 is 0 Å². The van der Waals surface area contributed by atoms with Gasteiger partial charge in [0.1, 0.15) is 0 Å². The Kier molecular flexibility index (Phi) is 4.75. The molecule has 0 saturated carbocycles. The van der Waals surface area contributed by atoms with Crippen LogP contribution in [0.25, 0.3) is 59.8 Å². The molecule has 3 aromatic heterocycles. The van der Waals surface area contributed by atoms with Crippen molar-refractivity contribution in [3.8, 4) is 0 Å². The minimum absolute atomic E-state index is 0.0959. The number of hydrogen-bond donors (Lipinski definition) is 0. The van der Waals surface area contributed by atoms with Crippen molar-refractivity contribution in [3.63, 3.8) is 0 Å². The van der Waals surface area contributed by atoms with Crippen LogP contribution in [0.3, 0.4) is 0 Å². The molecule has 0 amide bonds. The molecule has 0 atom stereocenters. The standard InChI is InChI=1S/C34H31IN2/c1-33(2,3)18-25-22-12-11-21(34(4,5)6)15-20(22)16-24-30-28-19(13-14-36-30)17-26(35)29-23-9-7-8-10-27(23)37(31(24)25)32(28)29/h7-17H,18H2,1-6H3. The quantitative estimate of drug-likeness (QED) is 0.105. The van der Waals surface area contributed by atoms with Crippen molar-refractivity contribution in [3.05, 3.63) is 81.6 Å². The Labute approximate surface area is 231 Å². The average molecular weight is 595 g/mol. The molecule has 3 heteroatoms. The normalized spacial score (nSPS) is 13.4. The van der Waals surface area contributed by atoms with Crippen LogP contribution in [0.15, 0.2) is 66.9 Å². The molecule has 0 radical (unpaired) electrons. The highest BCUT2D eigenvalue weighted by Crippen LogP contribution is 2.45. The fourth-order valence-corrected chi connectivity index (χ4v) is 7.17. The largest absolute Gasteiger partial charge is 0.308 e. The van der Waals surface area contributed by atoms with E-state index in [2.05, 4.69) is 129 Å². The second-order valence-electron chi connectivity index (χ2n) is 12.9. The smallest absolute Gasteiger partial charge is 0.0823 e. The van der Waals surface area contributed by atoms with Crippen LogP contribution < -0.4 is 0 Å². The first-order chi connectivity index (χ1) is 17.5. The SMILES string of the molecule is CC(C)(C)Cc1c2ccc(C(C)(C)C)cc2cc2c3nccc4cc(I)c5c6ccccc6n(c12)c5c43. The summed E-state index contributed by atoms with van der Waals surface area (Å²) < 4.78 is 3.86. The molecule has 0 aliphatic carbocycles. The summed E-state index contributed by atoms with van der Waals surface area (Å²) in [4.78, 5) is 5.06. The predicted octanol–water partition coefficient (Wildman–Crippen LogP) is 10.0. The van der Waals surface area contributed by atoms with Crippen LogP contribution in [0, 0.1) is 8.99 Å². The lowest BCUT2D eigenvalue weighted by Gasteiger charge is -2.25. The third-order valence-corrected chi connectivity index (χ3v) is 8.74. The highest BCUT2D eigenvalue weighted by molar-refractivity contribution is 14.1. The van der Waals surface area contributed by atoms with Gasteiger partial charge in [0.2, 0.25) is 0 Å². The first-order valence-electron chi connectivity index (χ1n) is 13.1. The number of halogens is 1. The predicted molar refractivity (Wildman–Crippen MR) is 168 cm³/mol. The van der Waals surface area contributed by atoms with Gasteiger partial charge in [-0.25, -0.2) is 0 Å². The fourth-order valence-electron chi connectivity index (χ4n) is 6.29. The van der Waals surface area contributed by atoms with Crippen LogP contribution in [0.1, 0.15) is 52.7 Å². The van der Waals surface area contributed by atoms with Crippen LogP contribution in [-0.2, 0) is 11.8 Å². The topological polar surface area (TPSA) is 17.3 Å². The van der Waals surface area contributed by atoms with Gasteiger partial charge in [-0.2, -0.15) is 0 Å². The van der Waals surface area contributed by atoms with Crippen LogP contribution >= 0.6 is 22.6 Å². The molecular formula is C34H31IN2. The molecule has 0 aliphatic heterocycles. The lowest BCUT2D eigenvalue weighted by atomic mass is 9.82. The number of nitrogens with zero attached hydrogens (tertiary/aromatic N) is 2. The highest BCUT2D eigenvalue weighted by atomic mass is 127. The van der Waals surface area contributed by atoms with Gasteiger partial charge in [0.25, 0.3) is 0 Å². The second kappa shape index (κ2) is 7.57. The van der Waals surface area contributed by atoms with Crippen molar-refractivity contribution in [1.29, 1.82) is 0 Å². The van der Waals surface area contributed by atoms with Gasteiger partial charge < -0.3 is 4.40 Å².